The Morgan fingerprint density at radius 1 is 1.50 bits per heavy atom. The first kappa shape index (κ1) is 4.65. The summed E-state index contributed by atoms with van der Waals surface area (Å²) in [4.78, 5) is 0. The van der Waals surface area contributed by atoms with Crippen LogP contribution in [0.5, 0.6) is 0 Å². The second-order valence-corrected chi connectivity index (χ2v) is 2.61. The van der Waals surface area contributed by atoms with Crippen molar-refractivity contribution < 1.29 is 20.1 Å². The molecule has 0 saturated heterocycles. The first-order valence-electron chi connectivity index (χ1n) is 1.08. The average molecular weight is 140 g/mol. The number of hydrogen-bond donors (Lipinski definition) is 0. The van der Waals surface area contributed by atoms with Crippen LogP contribution in [-0.2, 0) is 20.1 Å². The van der Waals surface area contributed by atoms with E-state index in [1.54, 1.807) is 0 Å². The standard InChI is InChI=1S/C2H6N.Mo/c1-3-2;/h1-2H3;/q-1;+6. The summed E-state index contributed by atoms with van der Waals surface area (Å²) in [5.74, 6) is 0. The average Bonchev–Trinajstić information content (AvgIpc) is 0.811. The summed E-state index contributed by atoms with van der Waals surface area (Å²) in [7, 11) is 4.01. The second kappa shape index (κ2) is 1.92. The van der Waals surface area contributed by atoms with Crippen LogP contribution in [0.15, 0.2) is 0 Å². The van der Waals surface area contributed by atoms with E-state index in [0.29, 0.717) is 0 Å². The first-order valence-corrected chi connectivity index (χ1v) is 1.97. The number of nitrogens with zero attached hydrogens (tertiary/aromatic N) is 1. The minimum absolute atomic E-state index is 1.94. The second-order valence-electron chi connectivity index (χ2n) is 0.812. The Hall–Kier alpha value is 0.648. The molecule has 2 heteroatoms. The van der Waals surface area contributed by atoms with Crippen LogP contribution in [0.4, 0.5) is 0 Å². The monoisotopic (exact) mass is 142 g/mol. The fourth-order valence-electron chi connectivity index (χ4n) is 0. The topological polar surface area (TPSA) is 3.24 Å². The molecule has 0 aromatic rings. The molecule has 0 spiro atoms. The SMILES string of the molecule is C[N](C)[Mo+5]. The molecule has 0 unspecified atom stereocenters. The summed E-state index contributed by atoms with van der Waals surface area (Å²) in [6, 6.07) is 0. The molecule has 0 rings (SSSR count). The van der Waals surface area contributed by atoms with Gasteiger partial charge in [-0.05, 0) is 0 Å². The van der Waals surface area contributed by atoms with Gasteiger partial charge in [-0.25, -0.2) is 0 Å². The van der Waals surface area contributed by atoms with Gasteiger partial charge in [0.15, 0.2) is 0 Å². The molecule has 0 saturated carbocycles. The Morgan fingerprint density at radius 2 is 1.50 bits per heavy atom. The molecular formula is C2H6MoN+5. The predicted octanol–water partition coefficient (Wildman–Crippen LogP) is 0.00980. The van der Waals surface area contributed by atoms with Gasteiger partial charge in [0.1, 0.15) is 0 Å². The van der Waals surface area contributed by atoms with Gasteiger partial charge in [-0.3, -0.25) is 0 Å². The van der Waals surface area contributed by atoms with Crippen LogP contribution in [0, 0.1) is 0 Å². The van der Waals surface area contributed by atoms with Crippen LogP contribution >= 0.6 is 0 Å². The van der Waals surface area contributed by atoms with Crippen molar-refractivity contribution in [3.05, 3.63) is 0 Å². The molecular weight excluding hydrogens is 134 g/mol. The molecule has 0 atom stereocenters. The van der Waals surface area contributed by atoms with Crippen LogP contribution in [-0.4, -0.2) is 17.6 Å². The Labute approximate surface area is 38.2 Å². The van der Waals surface area contributed by atoms with Gasteiger partial charge in [0, 0.05) is 0 Å². The molecule has 0 aromatic heterocycles. The van der Waals surface area contributed by atoms with Gasteiger partial charge < -0.3 is 0 Å². The molecule has 0 aromatic carbocycles. The molecule has 0 aliphatic carbocycles. The van der Waals surface area contributed by atoms with Crippen molar-refractivity contribution in [1.82, 2.24) is 3.46 Å². The number of hydrogen-bond acceptors (Lipinski definition) is 1. The third-order valence-electron chi connectivity index (χ3n) is 0. The molecule has 0 aliphatic heterocycles. The van der Waals surface area contributed by atoms with E-state index in [9.17, 15) is 0 Å². The number of rotatable bonds is 0. The molecule has 0 bridgehead atoms. The van der Waals surface area contributed by atoms with Gasteiger partial charge in [0.2, 0.25) is 0 Å². The first-order chi connectivity index (χ1) is 1.73. The zero-order valence-corrected chi connectivity index (χ0v) is 4.86. The van der Waals surface area contributed by atoms with Crippen LogP contribution in [0.25, 0.3) is 0 Å². The van der Waals surface area contributed by atoms with Gasteiger partial charge in [0.25, 0.3) is 0 Å². The summed E-state index contributed by atoms with van der Waals surface area (Å²) >= 11 is 1.94. The third kappa shape index (κ3) is 17.1. The van der Waals surface area contributed by atoms with E-state index in [0.717, 1.165) is 0 Å². The van der Waals surface area contributed by atoms with Gasteiger partial charge in [-0.1, -0.05) is 0 Å². The van der Waals surface area contributed by atoms with Crippen molar-refractivity contribution >= 4 is 0 Å². The maximum absolute atomic E-state index is 2.01. The van der Waals surface area contributed by atoms with Crippen LogP contribution in [0.1, 0.15) is 0 Å². The van der Waals surface area contributed by atoms with E-state index in [1.165, 1.54) is 0 Å². The van der Waals surface area contributed by atoms with E-state index < -0.39 is 0 Å². The van der Waals surface area contributed by atoms with E-state index >= 15 is 0 Å². The van der Waals surface area contributed by atoms with E-state index in [4.69, 9.17) is 0 Å². The Bertz CT molecular complexity index is 10.8. The van der Waals surface area contributed by atoms with Gasteiger partial charge in [-0.2, -0.15) is 0 Å². The van der Waals surface area contributed by atoms with Crippen molar-refractivity contribution in [2.75, 3.05) is 14.1 Å². The van der Waals surface area contributed by atoms with E-state index in [-0.39, 0.29) is 0 Å². The molecule has 0 heterocycles. The van der Waals surface area contributed by atoms with Gasteiger partial charge in [-0.15, -0.1) is 0 Å². The summed E-state index contributed by atoms with van der Waals surface area (Å²) in [5.41, 5.74) is 0. The van der Waals surface area contributed by atoms with Gasteiger partial charge >= 0.3 is 37.6 Å². The van der Waals surface area contributed by atoms with Crippen LogP contribution < -0.4 is 0 Å². The fraction of sp³-hybridized carbons (Fsp3) is 1.00. The molecule has 0 amide bonds. The van der Waals surface area contributed by atoms with E-state index in [2.05, 4.69) is 0 Å². The Morgan fingerprint density at radius 3 is 1.50 bits per heavy atom. The van der Waals surface area contributed by atoms with Crippen molar-refractivity contribution in [1.29, 1.82) is 0 Å². The van der Waals surface area contributed by atoms with Crippen LogP contribution in [0.2, 0.25) is 0 Å². The molecule has 0 aliphatic rings. The molecule has 4 heavy (non-hydrogen) atoms. The minimum atomic E-state index is 1.94. The van der Waals surface area contributed by atoms with E-state index in [1.807, 2.05) is 37.6 Å². The third-order valence-corrected chi connectivity index (χ3v) is 0. The summed E-state index contributed by atoms with van der Waals surface area (Å²) in [6.45, 7) is 0. The quantitative estimate of drug-likeness (QED) is 0.428. The zero-order valence-electron chi connectivity index (χ0n) is 2.86. The van der Waals surface area contributed by atoms with Crippen molar-refractivity contribution in [2.45, 2.75) is 0 Å². The van der Waals surface area contributed by atoms with Crippen molar-refractivity contribution in [2.24, 2.45) is 0 Å². The summed E-state index contributed by atoms with van der Waals surface area (Å²) in [6.07, 6.45) is 0. The molecule has 0 radical (unpaired) electrons. The molecule has 0 fully saturated rings. The maximum atomic E-state index is 2.01. The molecule has 1 nitrogen and oxygen atoms in total. The Balaban J connectivity index is 2.32. The molecule has 20 valence electrons. The summed E-state index contributed by atoms with van der Waals surface area (Å²) < 4.78 is 2.01. The van der Waals surface area contributed by atoms with Crippen molar-refractivity contribution in [3.63, 3.8) is 0 Å². The Kier molecular flexibility index (Phi) is 2.23. The zero-order chi connectivity index (χ0) is 3.58. The fourth-order valence-corrected chi connectivity index (χ4v) is 0. The van der Waals surface area contributed by atoms with Crippen molar-refractivity contribution in [3.8, 4) is 0 Å². The van der Waals surface area contributed by atoms with Gasteiger partial charge in [0.05, 0.1) is 0 Å². The van der Waals surface area contributed by atoms with Crippen LogP contribution in [0.3, 0.4) is 0 Å². The predicted molar refractivity (Wildman–Crippen MR) is 13.7 cm³/mol. The molecule has 0 N–H and O–H groups in total. The summed E-state index contributed by atoms with van der Waals surface area (Å²) in [5, 5.41) is 0. The normalized spacial score (nSPS) is 9.25.